The number of nitrogens with two attached hydrogens (primary N) is 1. The minimum atomic E-state index is -0.487. The number of ether oxygens (including phenoxy) is 2. The van der Waals surface area contributed by atoms with Crippen molar-refractivity contribution in [1.82, 2.24) is 5.32 Å². The van der Waals surface area contributed by atoms with Gasteiger partial charge < -0.3 is 20.5 Å². The van der Waals surface area contributed by atoms with E-state index < -0.39 is 11.9 Å². The lowest BCUT2D eigenvalue weighted by atomic mass is 10.1. The summed E-state index contributed by atoms with van der Waals surface area (Å²) in [7, 11) is 0. The largest absolute Gasteiger partial charge is 0.454 e. The average Bonchev–Trinajstić information content (AvgIpc) is 2.72. The lowest BCUT2D eigenvalue weighted by molar-refractivity contribution is -0.120. The molecule has 86 valence electrons. The normalized spacial score (nSPS) is 14.8. The number of carbonyl (C=O) groups is 1. The van der Waals surface area contributed by atoms with Crippen LogP contribution in [0.4, 0.5) is 0 Å². The number of amides is 1. The van der Waals surface area contributed by atoms with Gasteiger partial charge >= 0.3 is 0 Å². The van der Waals surface area contributed by atoms with Gasteiger partial charge in [-0.2, -0.15) is 0 Å². The highest BCUT2D eigenvalue weighted by molar-refractivity contribution is 5.81. The Labute approximate surface area is 93.5 Å². The summed E-state index contributed by atoms with van der Waals surface area (Å²) in [6, 6.07) is 4.89. The van der Waals surface area contributed by atoms with E-state index in [-0.39, 0.29) is 6.79 Å². The zero-order valence-corrected chi connectivity index (χ0v) is 9.03. The number of benzene rings is 1. The van der Waals surface area contributed by atoms with Gasteiger partial charge in [0.1, 0.15) is 6.04 Å². The number of carbonyl (C=O) groups excluding carboxylic acids is 1. The van der Waals surface area contributed by atoms with Crippen molar-refractivity contribution >= 4 is 5.91 Å². The molecule has 0 radical (unpaired) electrons. The van der Waals surface area contributed by atoms with Crippen LogP contribution >= 0.6 is 0 Å². The van der Waals surface area contributed by atoms with Gasteiger partial charge in [-0.05, 0) is 24.2 Å². The summed E-state index contributed by atoms with van der Waals surface area (Å²) in [6.07, 6.45) is 0. The molecule has 1 heterocycles. The van der Waals surface area contributed by atoms with Gasteiger partial charge in [0, 0.05) is 0 Å². The highest BCUT2D eigenvalue weighted by Crippen LogP contribution is 2.34. The van der Waals surface area contributed by atoms with Gasteiger partial charge in [-0.25, -0.2) is 0 Å². The first-order valence-corrected chi connectivity index (χ1v) is 5.14. The van der Waals surface area contributed by atoms with E-state index in [1.54, 1.807) is 12.1 Å². The molecule has 3 N–H and O–H groups in total. The molecule has 16 heavy (non-hydrogen) atoms. The maximum absolute atomic E-state index is 11.3. The lowest BCUT2D eigenvalue weighted by Crippen LogP contribution is -2.33. The number of primary amides is 1. The van der Waals surface area contributed by atoms with Gasteiger partial charge in [-0.15, -0.1) is 0 Å². The summed E-state index contributed by atoms with van der Waals surface area (Å²) in [5.74, 6) is 0.950. The molecule has 0 saturated carbocycles. The Morgan fingerprint density at radius 3 is 2.94 bits per heavy atom. The second-order valence-corrected chi connectivity index (χ2v) is 3.51. The van der Waals surface area contributed by atoms with E-state index in [1.165, 1.54) is 0 Å². The Balaban J connectivity index is 2.28. The molecule has 1 amide bonds. The molecular formula is C11H14N2O3. The van der Waals surface area contributed by atoms with E-state index in [4.69, 9.17) is 15.2 Å². The van der Waals surface area contributed by atoms with Gasteiger partial charge in [0.25, 0.3) is 0 Å². The van der Waals surface area contributed by atoms with Crippen molar-refractivity contribution in [3.63, 3.8) is 0 Å². The maximum Gasteiger partial charge on any atom is 0.239 e. The molecule has 0 aromatic heterocycles. The number of hydrogen-bond donors (Lipinski definition) is 2. The Morgan fingerprint density at radius 2 is 2.25 bits per heavy atom. The highest BCUT2D eigenvalue weighted by Gasteiger charge is 2.20. The predicted octanol–water partition coefficient (Wildman–Crippen LogP) is 0.551. The molecular weight excluding hydrogens is 208 g/mol. The third-order valence-corrected chi connectivity index (χ3v) is 2.42. The molecule has 1 unspecified atom stereocenters. The minimum Gasteiger partial charge on any atom is -0.454 e. The SMILES string of the molecule is CCNC(C(N)=O)c1ccc2c(c1)OCO2. The number of hydrogen-bond acceptors (Lipinski definition) is 4. The molecule has 0 saturated heterocycles. The fourth-order valence-electron chi connectivity index (χ4n) is 1.68. The molecule has 1 aromatic carbocycles. The number of nitrogens with one attached hydrogen (secondary N) is 1. The summed E-state index contributed by atoms with van der Waals surface area (Å²) in [5, 5.41) is 3.02. The Bertz CT molecular complexity index is 406. The van der Waals surface area contributed by atoms with Crippen LogP contribution in [0, 0.1) is 0 Å². The van der Waals surface area contributed by atoms with E-state index in [0.29, 0.717) is 18.0 Å². The quantitative estimate of drug-likeness (QED) is 0.780. The molecule has 1 aromatic rings. The van der Waals surface area contributed by atoms with E-state index in [0.717, 1.165) is 5.56 Å². The Kier molecular flexibility index (Phi) is 2.96. The van der Waals surface area contributed by atoms with Gasteiger partial charge in [0.15, 0.2) is 11.5 Å². The van der Waals surface area contributed by atoms with Gasteiger partial charge in [0.2, 0.25) is 12.7 Å². The van der Waals surface area contributed by atoms with Crippen LogP contribution < -0.4 is 20.5 Å². The molecule has 0 spiro atoms. The second-order valence-electron chi connectivity index (χ2n) is 3.51. The van der Waals surface area contributed by atoms with Gasteiger partial charge in [-0.3, -0.25) is 4.79 Å². The van der Waals surface area contributed by atoms with Crippen molar-refractivity contribution in [3.8, 4) is 11.5 Å². The van der Waals surface area contributed by atoms with Crippen LogP contribution in [0.25, 0.3) is 0 Å². The monoisotopic (exact) mass is 222 g/mol. The number of likely N-dealkylation sites (N-methyl/N-ethyl adjacent to an activating group) is 1. The standard InChI is InChI=1S/C11H14N2O3/c1-2-13-10(11(12)14)7-3-4-8-9(5-7)16-6-15-8/h3-5,10,13H,2,6H2,1H3,(H2,12,14). The average molecular weight is 222 g/mol. The predicted molar refractivity (Wildman–Crippen MR) is 58.2 cm³/mol. The van der Waals surface area contributed by atoms with Crippen LogP contribution in [-0.4, -0.2) is 19.2 Å². The fourth-order valence-corrected chi connectivity index (χ4v) is 1.68. The first kappa shape index (κ1) is 10.8. The van der Waals surface area contributed by atoms with Crippen LogP contribution in [0.1, 0.15) is 18.5 Å². The van der Waals surface area contributed by atoms with Gasteiger partial charge in [0.05, 0.1) is 0 Å². The zero-order valence-electron chi connectivity index (χ0n) is 9.03. The summed E-state index contributed by atoms with van der Waals surface area (Å²) < 4.78 is 10.4. The molecule has 0 bridgehead atoms. The molecule has 0 aliphatic carbocycles. The van der Waals surface area contributed by atoms with Crippen molar-refractivity contribution < 1.29 is 14.3 Å². The molecule has 0 fully saturated rings. The Morgan fingerprint density at radius 1 is 1.50 bits per heavy atom. The molecule has 1 aliphatic heterocycles. The van der Waals surface area contributed by atoms with Crippen molar-refractivity contribution in [2.24, 2.45) is 5.73 Å². The van der Waals surface area contributed by atoms with Crippen LogP contribution in [-0.2, 0) is 4.79 Å². The summed E-state index contributed by atoms with van der Waals surface area (Å²) >= 11 is 0. The lowest BCUT2D eigenvalue weighted by Gasteiger charge is -2.14. The van der Waals surface area contributed by atoms with Crippen LogP contribution in [0.3, 0.4) is 0 Å². The van der Waals surface area contributed by atoms with E-state index in [9.17, 15) is 4.79 Å². The van der Waals surface area contributed by atoms with Crippen molar-refractivity contribution in [2.45, 2.75) is 13.0 Å². The molecule has 1 atom stereocenters. The minimum absolute atomic E-state index is 0.223. The first-order valence-electron chi connectivity index (χ1n) is 5.14. The molecule has 5 nitrogen and oxygen atoms in total. The summed E-state index contributed by atoms with van der Waals surface area (Å²) in [4.78, 5) is 11.3. The third-order valence-electron chi connectivity index (χ3n) is 2.42. The number of rotatable bonds is 4. The number of fused-ring (bicyclic) bond motifs is 1. The summed E-state index contributed by atoms with van der Waals surface area (Å²) in [5.41, 5.74) is 6.12. The topological polar surface area (TPSA) is 73.6 Å². The molecule has 1 aliphatic rings. The molecule has 2 rings (SSSR count). The summed E-state index contributed by atoms with van der Waals surface area (Å²) in [6.45, 7) is 2.81. The Hall–Kier alpha value is -1.75. The van der Waals surface area contributed by atoms with E-state index in [2.05, 4.69) is 5.32 Å². The van der Waals surface area contributed by atoms with Crippen LogP contribution in [0.5, 0.6) is 11.5 Å². The zero-order chi connectivity index (χ0) is 11.5. The van der Waals surface area contributed by atoms with Crippen LogP contribution in [0.2, 0.25) is 0 Å². The van der Waals surface area contributed by atoms with E-state index in [1.807, 2.05) is 13.0 Å². The maximum atomic E-state index is 11.3. The van der Waals surface area contributed by atoms with Crippen molar-refractivity contribution in [3.05, 3.63) is 23.8 Å². The highest BCUT2D eigenvalue weighted by atomic mass is 16.7. The van der Waals surface area contributed by atoms with Crippen LogP contribution in [0.15, 0.2) is 18.2 Å². The first-order chi connectivity index (χ1) is 7.72. The van der Waals surface area contributed by atoms with Gasteiger partial charge in [-0.1, -0.05) is 13.0 Å². The third kappa shape index (κ3) is 1.94. The van der Waals surface area contributed by atoms with Crippen molar-refractivity contribution in [2.75, 3.05) is 13.3 Å². The molecule has 5 heteroatoms. The van der Waals surface area contributed by atoms with Crippen molar-refractivity contribution in [1.29, 1.82) is 0 Å². The fraction of sp³-hybridized carbons (Fsp3) is 0.364. The second kappa shape index (κ2) is 4.40. The smallest absolute Gasteiger partial charge is 0.239 e. The van der Waals surface area contributed by atoms with E-state index >= 15 is 0 Å².